The lowest BCUT2D eigenvalue weighted by Gasteiger charge is -2.43. The number of guanidine groups is 1. The quantitative estimate of drug-likeness (QED) is 0.865. The van der Waals surface area contributed by atoms with Crippen LogP contribution in [0.5, 0.6) is 0 Å². The summed E-state index contributed by atoms with van der Waals surface area (Å²) in [5, 5.41) is 6.27. The van der Waals surface area contributed by atoms with E-state index in [2.05, 4.69) is 33.3 Å². The molecule has 4 rings (SSSR count). The Balaban J connectivity index is 1.75. The summed E-state index contributed by atoms with van der Waals surface area (Å²) in [7, 11) is 0. The van der Waals surface area contributed by atoms with Crippen LogP contribution in [0.4, 0.5) is 0 Å². The Kier molecular flexibility index (Phi) is 3.82. The summed E-state index contributed by atoms with van der Waals surface area (Å²) in [6.07, 6.45) is 7.13. The average Bonchev–Trinajstić information content (AvgIpc) is 3.09. The van der Waals surface area contributed by atoms with E-state index in [4.69, 9.17) is 10.5 Å². The maximum absolute atomic E-state index is 5.97. The monoisotopic (exact) mass is 331 g/mol. The third-order valence-corrected chi connectivity index (χ3v) is 5.45. The van der Waals surface area contributed by atoms with Crippen LogP contribution in [0.2, 0.25) is 0 Å². The van der Waals surface area contributed by atoms with Crippen molar-refractivity contribution < 1.29 is 4.74 Å². The maximum atomic E-state index is 5.97. The van der Waals surface area contributed by atoms with Crippen molar-refractivity contribution in [1.82, 2.24) is 15.2 Å². The molecule has 0 spiro atoms. The first kappa shape index (κ1) is 14.7. The lowest BCUT2D eigenvalue weighted by atomic mass is 9.94. The third kappa shape index (κ3) is 2.74. The lowest BCUT2D eigenvalue weighted by molar-refractivity contribution is 0.0253. The van der Waals surface area contributed by atoms with Crippen LogP contribution in [0.3, 0.4) is 0 Å². The number of allylic oxidation sites excluding steroid dienone is 2. The van der Waals surface area contributed by atoms with Crippen LogP contribution in [0.15, 0.2) is 34.0 Å². The minimum Gasteiger partial charge on any atom is -0.379 e. The molecule has 0 saturated carbocycles. The number of aliphatic imine (C=N–C) groups is 1. The molecule has 3 N–H and O–H groups in total. The summed E-state index contributed by atoms with van der Waals surface area (Å²) in [5.41, 5.74) is 9.59. The Morgan fingerprint density at radius 3 is 3.13 bits per heavy atom. The second-order valence-corrected chi connectivity index (χ2v) is 7.04. The van der Waals surface area contributed by atoms with E-state index >= 15 is 0 Å². The third-order valence-electron chi connectivity index (χ3n) is 4.60. The highest BCUT2D eigenvalue weighted by molar-refractivity contribution is 7.10. The molecule has 0 amide bonds. The van der Waals surface area contributed by atoms with Gasteiger partial charge in [0, 0.05) is 42.1 Å². The number of ether oxygens (including phenoxy) is 1. The van der Waals surface area contributed by atoms with Crippen molar-refractivity contribution in [2.45, 2.75) is 38.4 Å². The Hall–Kier alpha value is -1.86. The Labute approximate surface area is 139 Å². The molecule has 7 heteroatoms. The molecular formula is C16H21N5OS. The van der Waals surface area contributed by atoms with Crippen LogP contribution < -0.4 is 11.1 Å². The number of nitrogens with one attached hydrogen (secondary N) is 1. The minimum absolute atomic E-state index is 0.0216. The van der Waals surface area contributed by atoms with Crippen molar-refractivity contribution in [3.8, 4) is 0 Å². The number of rotatable bonds is 2. The largest absolute Gasteiger partial charge is 0.379 e. The van der Waals surface area contributed by atoms with Gasteiger partial charge in [-0.25, -0.2) is 9.98 Å². The van der Waals surface area contributed by atoms with Gasteiger partial charge in [-0.1, -0.05) is 0 Å². The summed E-state index contributed by atoms with van der Waals surface area (Å²) in [6.45, 7) is 3.67. The van der Waals surface area contributed by atoms with Crippen molar-refractivity contribution in [3.63, 3.8) is 0 Å². The number of thiazole rings is 1. The molecule has 0 aliphatic carbocycles. The molecule has 6 nitrogen and oxygen atoms in total. The Morgan fingerprint density at radius 2 is 2.39 bits per heavy atom. The number of hydrogen-bond donors (Lipinski definition) is 2. The average molecular weight is 331 g/mol. The van der Waals surface area contributed by atoms with Crippen LogP contribution in [0.1, 0.15) is 31.2 Å². The molecule has 0 bridgehead atoms. The predicted octanol–water partition coefficient (Wildman–Crippen LogP) is 1.89. The molecule has 4 heterocycles. The first-order chi connectivity index (χ1) is 11.2. The molecule has 122 valence electrons. The molecular weight excluding hydrogens is 310 g/mol. The molecule has 3 aliphatic rings. The van der Waals surface area contributed by atoms with Crippen molar-refractivity contribution in [1.29, 1.82) is 0 Å². The van der Waals surface area contributed by atoms with Gasteiger partial charge in [-0.3, -0.25) is 0 Å². The molecule has 0 radical (unpaired) electrons. The minimum atomic E-state index is -0.0216. The zero-order valence-electron chi connectivity index (χ0n) is 13.2. The number of fused-ring (bicyclic) bond motifs is 1. The van der Waals surface area contributed by atoms with E-state index in [1.807, 2.05) is 11.6 Å². The summed E-state index contributed by atoms with van der Waals surface area (Å²) in [6, 6.07) is 0.335. The molecule has 1 aromatic heterocycles. The number of hydrogen-bond acceptors (Lipinski definition) is 7. The second-order valence-electron chi connectivity index (χ2n) is 6.15. The predicted molar refractivity (Wildman–Crippen MR) is 91.6 cm³/mol. The highest BCUT2D eigenvalue weighted by Crippen LogP contribution is 2.37. The van der Waals surface area contributed by atoms with Gasteiger partial charge in [-0.05, 0) is 25.3 Å². The normalized spacial score (nSPS) is 28.0. The first-order valence-corrected chi connectivity index (χ1v) is 8.86. The van der Waals surface area contributed by atoms with Crippen LogP contribution >= 0.6 is 11.3 Å². The highest BCUT2D eigenvalue weighted by Gasteiger charge is 2.35. The van der Waals surface area contributed by atoms with E-state index in [9.17, 15) is 0 Å². The van der Waals surface area contributed by atoms with Gasteiger partial charge in [-0.15, -0.1) is 11.3 Å². The van der Waals surface area contributed by atoms with Gasteiger partial charge in [0.1, 0.15) is 11.2 Å². The number of nitrogens with zero attached hydrogens (tertiary/aromatic N) is 3. The summed E-state index contributed by atoms with van der Waals surface area (Å²) < 4.78 is 5.70. The van der Waals surface area contributed by atoms with Crippen molar-refractivity contribution in [2.75, 3.05) is 13.2 Å². The lowest BCUT2D eigenvalue weighted by Crippen LogP contribution is -2.50. The van der Waals surface area contributed by atoms with Gasteiger partial charge in [-0.2, -0.15) is 0 Å². The fourth-order valence-electron chi connectivity index (χ4n) is 3.46. The molecule has 0 aromatic carbocycles. The number of aromatic nitrogens is 1. The SMILES string of the molecule is CC1=C2CC(c3nccs3)=CN(C3CCCOC3)C2N=C(N)N1. The van der Waals surface area contributed by atoms with Crippen LogP contribution in [0.25, 0.3) is 5.57 Å². The van der Waals surface area contributed by atoms with Gasteiger partial charge in [0.25, 0.3) is 0 Å². The van der Waals surface area contributed by atoms with Crippen LogP contribution in [0, 0.1) is 0 Å². The first-order valence-electron chi connectivity index (χ1n) is 7.98. The van der Waals surface area contributed by atoms with E-state index in [-0.39, 0.29) is 6.17 Å². The Morgan fingerprint density at radius 1 is 1.48 bits per heavy atom. The van der Waals surface area contributed by atoms with Gasteiger partial charge < -0.3 is 20.7 Å². The van der Waals surface area contributed by atoms with Crippen LogP contribution in [-0.4, -0.2) is 41.3 Å². The topological polar surface area (TPSA) is 75.8 Å². The fraction of sp³-hybridized carbons (Fsp3) is 0.500. The molecule has 2 unspecified atom stereocenters. The molecule has 1 aromatic rings. The van der Waals surface area contributed by atoms with E-state index in [0.717, 1.165) is 43.2 Å². The van der Waals surface area contributed by atoms with Crippen molar-refractivity contribution >= 4 is 22.9 Å². The van der Waals surface area contributed by atoms with Crippen molar-refractivity contribution in [3.05, 3.63) is 34.1 Å². The summed E-state index contributed by atoms with van der Waals surface area (Å²) in [4.78, 5) is 11.5. The van der Waals surface area contributed by atoms with Crippen LogP contribution in [-0.2, 0) is 4.74 Å². The van der Waals surface area contributed by atoms with Gasteiger partial charge >= 0.3 is 0 Å². The van der Waals surface area contributed by atoms with E-state index in [0.29, 0.717) is 12.0 Å². The Bertz CT molecular complexity index is 673. The van der Waals surface area contributed by atoms with E-state index in [1.54, 1.807) is 11.3 Å². The summed E-state index contributed by atoms with van der Waals surface area (Å²) in [5.74, 6) is 0.490. The highest BCUT2D eigenvalue weighted by atomic mass is 32.1. The molecule has 3 aliphatic heterocycles. The zero-order valence-corrected chi connectivity index (χ0v) is 14.0. The second kappa shape index (κ2) is 5.98. The van der Waals surface area contributed by atoms with E-state index < -0.39 is 0 Å². The smallest absolute Gasteiger partial charge is 0.195 e. The van der Waals surface area contributed by atoms with Gasteiger partial charge in [0.15, 0.2) is 5.96 Å². The van der Waals surface area contributed by atoms with Gasteiger partial charge in [0.05, 0.1) is 12.6 Å². The molecule has 1 fully saturated rings. The molecule has 1 saturated heterocycles. The number of nitrogens with two attached hydrogens (primary N) is 1. The standard InChI is InChI=1S/C16H21N5OS/c1-10-13-7-11(15-18-4-6-23-15)8-21(12-3-2-5-22-9-12)14(13)20-16(17)19-10/h4,6,8,12,14H,2-3,5,7,9H2,1H3,(H3,17,19,20). The maximum Gasteiger partial charge on any atom is 0.195 e. The zero-order chi connectivity index (χ0) is 15.8. The summed E-state index contributed by atoms with van der Waals surface area (Å²) >= 11 is 1.68. The molecule has 2 atom stereocenters. The molecule has 23 heavy (non-hydrogen) atoms. The van der Waals surface area contributed by atoms with Crippen molar-refractivity contribution in [2.24, 2.45) is 10.7 Å². The fourth-order valence-corrected chi connectivity index (χ4v) is 4.11. The van der Waals surface area contributed by atoms with E-state index in [1.165, 1.54) is 11.1 Å². The van der Waals surface area contributed by atoms with Gasteiger partial charge in [0.2, 0.25) is 0 Å².